The molecule has 26 nitrogen and oxygen atoms in total. The molecule has 0 N–H and O–H groups in total. The maximum Gasteiger partial charge on any atom is 0.274 e. The molecule has 5 amide bonds. The minimum Gasteiger partial charge on any atom is -0.493 e. The second-order valence-corrected chi connectivity index (χ2v) is 32.9. The average molecular weight is 1800 g/mol. The molecule has 0 bridgehead atoms. The van der Waals surface area contributed by atoms with Crippen LogP contribution in [-0.4, -0.2) is 185 Å². The molecule has 0 aliphatic carbocycles. The van der Waals surface area contributed by atoms with Crippen molar-refractivity contribution in [2.75, 3.05) is 90.7 Å². The molecule has 0 saturated heterocycles. The van der Waals surface area contributed by atoms with Gasteiger partial charge in [-0.1, -0.05) is 79.9 Å². The van der Waals surface area contributed by atoms with Crippen LogP contribution < -0.4 is 52.1 Å². The lowest BCUT2D eigenvalue weighted by molar-refractivity contribution is 0.0603. The normalized spacial score (nSPS) is 14.5. The van der Waals surface area contributed by atoms with Crippen molar-refractivity contribution < 1.29 is 84.9 Å². The lowest BCUT2D eigenvalue weighted by Crippen LogP contribution is -2.40. The van der Waals surface area contributed by atoms with Gasteiger partial charge >= 0.3 is 0 Å². The number of carbonyl (C=O) groups excluding carboxylic acids is 5. The van der Waals surface area contributed by atoms with Gasteiger partial charge in [-0.3, -0.25) is 24.0 Å². The molecule has 133 heavy (non-hydrogen) atoms. The molecule has 16 rings (SSSR count). The Morgan fingerprint density at radius 3 is 1.06 bits per heavy atom. The zero-order valence-electron chi connectivity index (χ0n) is 77.4. The fourth-order valence-corrected chi connectivity index (χ4v) is 15.3. The number of rotatable bonds is 22. The monoisotopic (exact) mass is 1800 g/mol. The van der Waals surface area contributed by atoms with Crippen molar-refractivity contribution in [2.45, 2.75) is 85.2 Å². The van der Waals surface area contributed by atoms with E-state index in [1.165, 1.54) is 56.4 Å². The fourth-order valence-electron chi connectivity index (χ4n) is 15.3. The molecule has 0 aromatic heterocycles. The molecule has 0 fully saturated rings. The molecule has 11 aromatic rings. The molecule has 5 aliphatic rings. The summed E-state index contributed by atoms with van der Waals surface area (Å²) in [5.41, 5.74) is 11.3. The third kappa shape index (κ3) is 23.1. The van der Waals surface area contributed by atoms with Crippen LogP contribution in [-0.2, 0) is 0 Å². The number of para-hydroxylation sites is 1. The second kappa shape index (κ2) is 43.2. The summed E-state index contributed by atoms with van der Waals surface area (Å²) in [7, 11) is 15.9. The third-order valence-electron chi connectivity index (χ3n) is 22.2. The van der Waals surface area contributed by atoms with E-state index in [0.29, 0.717) is 131 Å². The number of carbonyl (C=O) groups is 5. The Morgan fingerprint density at radius 1 is 0.331 bits per heavy atom. The van der Waals surface area contributed by atoms with Crippen LogP contribution in [0.25, 0.3) is 0 Å². The summed E-state index contributed by atoms with van der Waals surface area (Å²) >= 11 is 0. The van der Waals surface area contributed by atoms with E-state index in [9.17, 15) is 32.8 Å². The van der Waals surface area contributed by atoms with E-state index in [-0.39, 0.29) is 46.1 Å². The van der Waals surface area contributed by atoms with Crippen LogP contribution in [0.15, 0.2) is 268 Å². The zero-order chi connectivity index (χ0) is 95.4. The zero-order valence-corrected chi connectivity index (χ0v) is 77.4. The van der Waals surface area contributed by atoms with Crippen molar-refractivity contribution in [2.24, 2.45) is 30.9 Å². The maximum atomic E-state index is 13.4. The summed E-state index contributed by atoms with van der Waals surface area (Å²) in [5.74, 6) is 8.27. The lowest BCUT2D eigenvalue weighted by atomic mass is 9.84. The summed E-state index contributed by atoms with van der Waals surface area (Å²) in [6.07, 6.45) is 8.03. The number of methoxy groups -OCH3 is 10. The highest BCUT2D eigenvalue weighted by atomic mass is 19.1. The Hall–Kier alpha value is -15.7. The second-order valence-electron chi connectivity index (χ2n) is 32.9. The highest BCUT2D eigenvalue weighted by Gasteiger charge is 2.42. The number of amides is 5. The largest absolute Gasteiger partial charge is 0.493 e. The first kappa shape index (κ1) is 96.4. The molecule has 28 heteroatoms. The van der Waals surface area contributed by atoms with Gasteiger partial charge in [0.15, 0.2) is 57.5 Å². The van der Waals surface area contributed by atoms with Gasteiger partial charge in [-0.25, -0.2) is 33.8 Å². The first-order chi connectivity index (χ1) is 63.9. The van der Waals surface area contributed by atoms with Gasteiger partial charge in [0.05, 0.1) is 130 Å². The highest BCUT2D eigenvalue weighted by molar-refractivity contribution is 6.10. The summed E-state index contributed by atoms with van der Waals surface area (Å²) in [6, 6.07) is 70.5. The van der Waals surface area contributed by atoms with Crippen molar-refractivity contribution in [1.29, 1.82) is 0 Å². The van der Waals surface area contributed by atoms with E-state index < -0.39 is 22.7 Å². The Bertz CT molecular complexity index is 6340. The number of hydrazone groups is 5. The van der Waals surface area contributed by atoms with Crippen LogP contribution in [0.4, 0.5) is 8.78 Å². The van der Waals surface area contributed by atoms with E-state index in [4.69, 9.17) is 58.5 Å². The lowest BCUT2D eigenvalue weighted by Gasteiger charge is -2.28. The number of hydrogen-bond acceptors (Lipinski definition) is 21. The Kier molecular flexibility index (Phi) is 31.3. The van der Waals surface area contributed by atoms with E-state index in [2.05, 4.69) is 31.4 Å². The van der Waals surface area contributed by atoms with E-state index in [0.717, 1.165) is 67.7 Å². The van der Waals surface area contributed by atoms with Crippen LogP contribution in [0.3, 0.4) is 0 Å². The molecule has 0 atom stereocenters. The summed E-state index contributed by atoms with van der Waals surface area (Å²) < 4.78 is 85.7. The minimum atomic E-state index is -0.453. The van der Waals surface area contributed by atoms with Crippen LogP contribution in [0.5, 0.6) is 69.0 Å². The van der Waals surface area contributed by atoms with Gasteiger partial charge in [-0.05, 0) is 223 Å². The molecule has 0 saturated carbocycles. The van der Waals surface area contributed by atoms with Gasteiger partial charge in [0.1, 0.15) is 23.1 Å². The molecule has 686 valence electrons. The summed E-state index contributed by atoms with van der Waals surface area (Å²) in [6.45, 7) is 15.4. The minimum absolute atomic E-state index is 0.0887. The SMILES string of the molecule is C#Cc1cccc(C(=O)N2N=C(c3ccc(OC)c(OC)c3)CC2(C)C)c1.COc1ccc(C2=NN(C(=O)c3cccc(C)c3)C(C)(C)C2)cc1OC.COc1ccc(C2=NN(C(=O)c3cccc(F)c3)CC2(C)C)cc1OC.COc1ccc(C2=NN(C(=O)c3cccc(F)c3)CC2)cc1OC.COc1ccc(C2=NN(C(=O)c3cccc(Oc4ccccc4)c3)CC2)cc1OC. The molecule has 11 aromatic carbocycles. The van der Waals surface area contributed by atoms with E-state index in [1.54, 1.807) is 137 Å². The van der Waals surface area contributed by atoms with E-state index in [1.807, 2.05) is 194 Å². The van der Waals surface area contributed by atoms with E-state index >= 15 is 0 Å². The molecular weight excluding hydrogens is 1700 g/mol. The predicted octanol–water partition coefficient (Wildman–Crippen LogP) is 19.3. The van der Waals surface area contributed by atoms with Crippen LogP contribution in [0.2, 0.25) is 0 Å². The number of halogens is 2. The third-order valence-corrected chi connectivity index (χ3v) is 22.2. The first-order valence-corrected chi connectivity index (χ1v) is 42.5. The summed E-state index contributed by atoms with van der Waals surface area (Å²) in [4.78, 5) is 64.1. The number of nitrogens with zero attached hydrogens (tertiary/aromatic N) is 10. The van der Waals surface area contributed by atoms with Gasteiger partial charge in [-0.15, -0.1) is 6.42 Å². The Labute approximate surface area is 773 Å². The van der Waals surface area contributed by atoms with Crippen LogP contribution in [0, 0.1) is 36.3 Å². The number of ether oxygens (including phenoxy) is 11. The predicted molar refractivity (Wildman–Crippen MR) is 508 cm³/mol. The average Bonchev–Trinajstić information content (AvgIpc) is 1.64. The van der Waals surface area contributed by atoms with Gasteiger partial charge < -0.3 is 52.1 Å². The first-order valence-electron chi connectivity index (χ1n) is 42.5. The number of hydrogen-bond donors (Lipinski definition) is 0. The topological polar surface area (TPSA) is 265 Å². The van der Waals surface area contributed by atoms with Crippen molar-refractivity contribution in [3.63, 3.8) is 0 Å². The van der Waals surface area contributed by atoms with Crippen molar-refractivity contribution in [3.05, 3.63) is 321 Å². The van der Waals surface area contributed by atoms with Crippen LogP contribution in [0.1, 0.15) is 158 Å². The molecule has 0 radical (unpaired) electrons. The molecule has 0 spiro atoms. The van der Waals surface area contributed by atoms with Crippen molar-refractivity contribution in [3.8, 4) is 81.3 Å². The number of terminal acetylenes is 1. The molecule has 5 aliphatic heterocycles. The van der Waals surface area contributed by atoms with Crippen molar-refractivity contribution >= 4 is 58.1 Å². The highest BCUT2D eigenvalue weighted by Crippen LogP contribution is 2.41. The van der Waals surface area contributed by atoms with Crippen molar-refractivity contribution in [1.82, 2.24) is 25.0 Å². The molecule has 5 heterocycles. The quantitative estimate of drug-likeness (QED) is 0.0571. The molecule has 0 unspecified atom stereocenters. The van der Waals surface area contributed by atoms with Crippen LogP contribution >= 0.6 is 0 Å². The van der Waals surface area contributed by atoms with Gasteiger partial charge in [-0.2, -0.15) is 25.5 Å². The van der Waals surface area contributed by atoms with Gasteiger partial charge in [0.25, 0.3) is 29.5 Å². The Balaban J connectivity index is 0.000000150. The van der Waals surface area contributed by atoms with Gasteiger partial charge in [0.2, 0.25) is 0 Å². The standard InChI is InChI=1S/C24H22N2O4.C22H22N2O3.C21H24N2O3.C20H21FN2O3.C18H17FN2O3/c1-28-22-12-11-17(16-23(22)29-2)21-13-14-26(25-21)24(27)18-7-6-10-20(15-18)30-19-8-4-3-5-9-19;1-6-15-8-7-9-17(12-15)21(25)24-22(2,3)14-18(23-24)16-10-11-19(26-4)20(13-16)27-5;1-14-7-6-8-16(11-14)20(24)23-21(2,3)13-17(22-23)15-9-10-18(25-4)19(12-15)26-5;1-20(2)12-23(19(24)14-6-5-7-15(21)10-14)22-18(20)13-8-9-16(25-3)17(11-13)26-4;1-23-16-7-6-12(11-17(16)24-2)15-8-9-21(20-15)18(22)13-4-3-5-14(19)10-13/h3-12,15-16H,13-14H2,1-2H3;1,7-13H,14H2,2-5H3;6-12H,13H2,1-5H3;5-11H,12H2,1-4H3;3-7,10-11H,8-9H2,1-2H3. The molecular formula is C105H106F2N10O16. The smallest absolute Gasteiger partial charge is 0.274 e. The number of aryl methyl sites for hydroxylation is 1. The number of benzene rings is 11. The summed E-state index contributed by atoms with van der Waals surface area (Å²) in [5, 5.41) is 30.1. The maximum absolute atomic E-state index is 13.4. The Morgan fingerprint density at radius 2 is 0.669 bits per heavy atom. The fraction of sp³-hybridized carbons (Fsp3) is 0.257. The van der Waals surface area contributed by atoms with Gasteiger partial charge in [0, 0.05) is 92.3 Å².